The highest BCUT2D eigenvalue weighted by Gasteiger charge is 2.47. The van der Waals surface area contributed by atoms with Crippen molar-refractivity contribution in [3.05, 3.63) is 81.8 Å². The van der Waals surface area contributed by atoms with Gasteiger partial charge in [0.15, 0.2) is 5.13 Å². The van der Waals surface area contributed by atoms with Gasteiger partial charge in [-0.1, -0.05) is 23.7 Å². The zero-order valence-corrected chi connectivity index (χ0v) is 16.8. The quantitative estimate of drug-likeness (QED) is 0.379. The molecule has 1 aliphatic rings. The molecule has 0 spiro atoms. The predicted octanol–water partition coefficient (Wildman–Crippen LogP) is 4.43. The Hall–Kier alpha value is -3.16. The first kappa shape index (κ1) is 19.2. The second-order valence-corrected chi connectivity index (χ2v) is 7.57. The SMILES string of the molecule is COc1ccc([C@@H]2/C(=C(\O)c3ccc(Cl)cc3)C(=O)C(=O)N2c2nccs2)cc1. The van der Waals surface area contributed by atoms with Gasteiger partial charge in [0, 0.05) is 22.2 Å². The van der Waals surface area contributed by atoms with Gasteiger partial charge in [0.2, 0.25) is 0 Å². The number of carbonyl (C=O) groups excluding carboxylic acids is 2. The molecular formula is C21H15ClN2O4S. The van der Waals surface area contributed by atoms with Crippen molar-refractivity contribution in [2.45, 2.75) is 6.04 Å². The summed E-state index contributed by atoms with van der Waals surface area (Å²) in [5.74, 6) is -1.14. The number of amides is 1. The molecule has 29 heavy (non-hydrogen) atoms. The van der Waals surface area contributed by atoms with Crippen molar-refractivity contribution in [1.82, 2.24) is 4.98 Å². The first-order valence-electron chi connectivity index (χ1n) is 8.61. The zero-order chi connectivity index (χ0) is 20.5. The number of aliphatic hydroxyl groups excluding tert-OH is 1. The molecule has 0 saturated carbocycles. The molecule has 2 heterocycles. The number of anilines is 1. The van der Waals surface area contributed by atoms with Crippen LogP contribution in [0.15, 0.2) is 65.7 Å². The third-order valence-electron chi connectivity index (χ3n) is 4.62. The number of aliphatic hydroxyl groups is 1. The van der Waals surface area contributed by atoms with Gasteiger partial charge >= 0.3 is 5.91 Å². The summed E-state index contributed by atoms with van der Waals surface area (Å²) in [6, 6.07) is 12.6. The number of hydrogen-bond acceptors (Lipinski definition) is 6. The van der Waals surface area contributed by atoms with Crippen molar-refractivity contribution in [2.24, 2.45) is 0 Å². The Bertz CT molecular complexity index is 1090. The van der Waals surface area contributed by atoms with Crippen LogP contribution in [0.5, 0.6) is 5.75 Å². The first-order valence-corrected chi connectivity index (χ1v) is 9.87. The Morgan fingerprint density at radius 3 is 2.41 bits per heavy atom. The van der Waals surface area contributed by atoms with Crippen molar-refractivity contribution < 1.29 is 19.4 Å². The topological polar surface area (TPSA) is 79.7 Å². The van der Waals surface area contributed by atoms with E-state index in [1.54, 1.807) is 67.2 Å². The van der Waals surface area contributed by atoms with Gasteiger partial charge in [-0.25, -0.2) is 4.98 Å². The van der Waals surface area contributed by atoms with E-state index in [-0.39, 0.29) is 11.3 Å². The Labute approximate surface area is 175 Å². The van der Waals surface area contributed by atoms with Crippen molar-refractivity contribution >= 4 is 45.5 Å². The zero-order valence-electron chi connectivity index (χ0n) is 15.2. The molecule has 6 nitrogen and oxygen atoms in total. The van der Waals surface area contributed by atoms with Crippen molar-refractivity contribution in [1.29, 1.82) is 0 Å². The number of aromatic nitrogens is 1. The molecule has 1 N–H and O–H groups in total. The first-order chi connectivity index (χ1) is 14.0. The normalized spacial score (nSPS) is 18.3. The van der Waals surface area contributed by atoms with Crippen LogP contribution in [0.1, 0.15) is 17.2 Å². The summed E-state index contributed by atoms with van der Waals surface area (Å²) in [5, 5.41) is 13.5. The van der Waals surface area contributed by atoms with Crippen molar-refractivity contribution in [2.75, 3.05) is 12.0 Å². The lowest BCUT2D eigenvalue weighted by molar-refractivity contribution is -0.132. The van der Waals surface area contributed by atoms with Gasteiger partial charge in [-0.3, -0.25) is 14.5 Å². The number of hydrogen-bond donors (Lipinski definition) is 1. The summed E-state index contributed by atoms with van der Waals surface area (Å²) in [7, 11) is 1.55. The molecule has 8 heteroatoms. The maximum Gasteiger partial charge on any atom is 0.301 e. The Morgan fingerprint density at radius 2 is 1.83 bits per heavy atom. The summed E-state index contributed by atoms with van der Waals surface area (Å²) in [4.78, 5) is 31.3. The average Bonchev–Trinajstić information content (AvgIpc) is 3.35. The van der Waals surface area contributed by atoms with Crippen LogP contribution in [-0.2, 0) is 9.59 Å². The van der Waals surface area contributed by atoms with Crippen LogP contribution in [0, 0.1) is 0 Å². The fourth-order valence-corrected chi connectivity index (χ4v) is 4.02. The number of nitrogens with zero attached hydrogens (tertiary/aromatic N) is 2. The van der Waals surface area contributed by atoms with Gasteiger partial charge < -0.3 is 9.84 Å². The van der Waals surface area contributed by atoms with Gasteiger partial charge in [-0.2, -0.15) is 0 Å². The van der Waals surface area contributed by atoms with Gasteiger partial charge in [0.05, 0.1) is 18.7 Å². The summed E-state index contributed by atoms with van der Waals surface area (Å²) >= 11 is 7.16. The third-order valence-corrected chi connectivity index (χ3v) is 5.64. The molecule has 0 bridgehead atoms. The van der Waals surface area contributed by atoms with Crippen LogP contribution >= 0.6 is 22.9 Å². The van der Waals surface area contributed by atoms with E-state index in [4.69, 9.17) is 16.3 Å². The van der Waals surface area contributed by atoms with Gasteiger partial charge in [0.1, 0.15) is 11.5 Å². The maximum absolute atomic E-state index is 12.9. The van der Waals surface area contributed by atoms with Gasteiger partial charge in [-0.15, -0.1) is 11.3 Å². The van der Waals surface area contributed by atoms with E-state index in [0.29, 0.717) is 27.0 Å². The number of Topliss-reactive ketones (excluding diaryl/α,β-unsaturated/α-hetero) is 1. The number of methoxy groups -OCH3 is 1. The third kappa shape index (κ3) is 3.39. The molecule has 2 aromatic carbocycles. The van der Waals surface area contributed by atoms with Crippen LogP contribution < -0.4 is 9.64 Å². The number of benzene rings is 2. The maximum atomic E-state index is 12.9. The molecule has 1 fully saturated rings. The molecule has 1 amide bonds. The van der Waals surface area contributed by atoms with E-state index in [1.807, 2.05) is 0 Å². The minimum atomic E-state index is -0.817. The van der Waals surface area contributed by atoms with Crippen molar-refractivity contribution in [3.8, 4) is 5.75 Å². The van der Waals surface area contributed by atoms with E-state index in [2.05, 4.69) is 4.98 Å². The number of carbonyl (C=O) groups is 2. The standard InChI is InChI=1S/C21H15ClN2O4S/c1-28-15-8-4-12(5-9-15)17-16(18(25)13-2-6-14(22)7-3-13)19(26)20(27)24(17)21-23-10-11-29-21/h2-11,17,25H,1H3/b18-16+/t17-/m1/s1. The second kappa shape index (κ2) is 7.69. The van der Waals surface area contributed by atoms with Crippen LogP contribution in [0.25, 0.3) is 5.76 Å². The highest BCUT2D eigenvalue weighted by Crippen LogP contribution is 2.43. The highest BCUT2D eigenvalue weighted by atomic mass is 35.5. The smallest absolute Gasteiger partial charge is 0.301 e. The van der Waals surface area contributed by atoms with Crippen LogP contribution in [0.3, 0.4) is 0 Å². The fourth-order valence-electron chi connectivity index (χ4n) is 3.23. The number of ether oxygens (including phenoxy) is 1. The van der Waals surface area contributed by atoms with E-state index in [9.17, 15) is 14.7 Å². The van der Waals surface area contributed by atoms with E-state index in [1.165, 1.54) is 16.2 Å². The molecule has 0 aliphatic carbocycles. The molecular weight excluding hydrogens is 412 g/mol. The Balaban J connectivity index is 1.91. The lowest BCUT2D eigenvalue weighted by Crippen LogP contribution is -2.29. The van der Waals surface area contributed by atoms with Crippen LogP contribution in [0.2, 0.25) is 5.02 Å². The number of rotatable bonds is 4. The molecule has 1 aliphatic heterocycles. The van der Waals surface area contributed by atoms with Crippen molar-refractivity contribution in [3.63, 3.8) is 0 Å². The lowest BCUT2D eigenvalue weighted by Gasteiger charge is -2.23. The average molecular weight is 427 g/mol. The summed E-state index contributed by atoms with van der Waals surface area (Å²) in [5.41, 5.74) is 1.04. The number of thiazole rings is 1. The molecule has 0 unspecified atom stereocenters. The fraction of sp³-hybridized carbons (Fsp3) is 0.0952. The predicted molar refractivity (Wildman–Crippen MR) is 111 cm³/mol. The molecule has 1 saturated heterocycles. The molecule has 146 valence electrons. The Kier molecular flexibility index (Phi) is 5.08. The minimum absolute atomic E-state index is 0.00214. The number of halogens is 1. The lowest BCUT2D eigenvalue weighted by atomic mass is 9.95. The van der Waals surface area contributed by atoms with Gasteiger partial charge in [-0.05, 0) is 42.0 Å². The van der Waals surface area contributed by atoms with E-state index >= 15 is 0 Å². The molecule has 3 aromatic rings. The van der Waals surface area contributed by atoms with E-state index in [0.717, 1.165) is 0 Å². The molecule has 1 atom stereocenters. The Morgan fingerprint density at radius 1 is 1.14 bits per heavy atom. The van der Waals surface area contributed by atoms with E-state index < -0.39 is 17.7 Å². The van der Waals surface area contributed by atoms with Crippen LogP contribution in [-0.4, -0.2) is 28.9 Å². The largest absolute Gasteiger partial charge is 0.507 e. The minimum Gasteiger partial charge on any atom is -0.507 e. The van der Waals surface area contributed by atoms with Crippen LogP contribution in [0.4, 0.5) is 5.13 Å². The number of ketones is 1. The molecule has 4 rings (SSSR count). The summed E-state index contributed by atoms with van der Waals surface area (Å²) in [6.45, 7) is 0. The highest BCUT2D eigenvalue weighted by molar-refractivity contribution is 7.14. The molecule has 0 radical (unpaired) electrons. The monoisotopic (exact) mass is 426 g/mol. The second-order valence-electron chi connectivity index (χ2n) is 6.26. The summed E-state index contributed by atoms with van der Waals surface area (Å²) in [6.07, 6.45) is 1.56. The van der Waals surface area contributed by atoms with Gasteiger partial charge in [0.25, 0.3) is 5.78 Å². The molecule has 1 aromatic heterocycles. The summed E-state index contributed by atoms with van der Waals surface area (Å²) < 4.78 is 5.20.